The first kappa shape index (κ1) is 28.4. The van der Waals surface area contributed by atoms with E-state index in [1.54, 1.807) is 5.48 Å². The van der Waals surface area contributed by atoms with E-state index < -0.39 is 66.4 Å². The molecule has 1 aliphatic heterocycles. The zero-order valence-corrected chi connectivity index (χ0v) is 18.9. The number of alkyl halides is 1. The molecule has 7 N–H and O–H groups in total. The largest absolute Gasteiger partial charge is 0.490 e. The van der Waals surface area contributed by atoms with Crippen LogP contribution in [0.3, 0.4) is 0 Å². The van der Waals surface area contributed by atoms with Crippen molar-refractivity contribution in [3.05, 3.63) is 33.2 Å². The Hall–Kier alpha value is -1.79. The maximum Gasteiger partial charge on any atom is 0.490 e. The number of hydrogen-bond acceptors (Lipinski definition) is 13. The number of phosphoric acid groups is 3. The summed E-state index contributed by atoms with van der Waals surface area (Å²) in [5.74, 6) is -0.330. The predicted octanol–water partition coefficient (Wildman–Crippen LogP) is -0.335. The Labute approximate surface area is 186 Å². The van der Waals surface area contributed by atoms with Crippen molar-refractivity contribution in [1.29, 1.82) is 0 Å². The van der Waals surface area contributed by atoms with Crippen LogP contribution in [0.5, 0.6) is 0 Å². The Morgan fingerprint density at radius 3 is 2.47 bits per heavy atom. The van der Waals surface area contributed by atoms with Gasteiger partial charge in [-0.05, 0) is 11.6 Å². The third-order valence-corrected chi connectivity index (χ3v) is 7.76. The highest BCUT2D eigenvalue weighted by Crippen LogP contribution is 2.66. The van der Waals surface area contributed by atoms with Crippen LogP contribution in [-0.2, 0) is 31.6 Å². The summed E-state index contributed by atoms with van der Waals surface area (Å²) < 4.78 is 66.1. The summed E-state index contributed by atoms with van der Waals surface area (Å²) in [6, 6.07) is 1.00. The minimum atomic E-state index is -5.88. The molecule has 1 aromatic heterocycles. The fourth-order valence-corrected chi connectivity index (χ4v) is 5.72. The van der Waals surface area contributed by atoms with Gasteiger partial charge in [-0.1, -0.05) is 5.11 Å². The van der Waals surface area contributed by atoms with Crippen LogP contribution in [0.25, 0.3) is 10.4 Å². The van der Waals surface area contributed by atoms with Gasteiger partial charge in [0.2, 0.25) is 0 Å². The molecule has 192 valence electrons. The molecular formula is C10H16FN6O14P3. The first-order chi connectivity index (χ1) is 15.5. The van der Waals surface area contributed by atoms with Gasteiger partial charge in [-0.2, -0.15) is 13.6 Å². The topological polar surface area (TPSA) is 305 Å². The number of ether oxygens (including phenoxy) is 1. The number of rotatable bonds is 11. The molecule has 0 radical (unpaired) electrons. The fourth-order valence-electron chi connectivity index (χ4n) is 2.64. The molecule has 1 fully saturated rings. The molecule has 0 aromatic carbocycles. The SMILES string of the molecule is [N-]=[N+]=NC[C@]1(COP(=O)(O)OP(=O)(O)OP(=O)(O)O)O[C@@H](n2ccc(NO)nc2=O)[C@H](F)[C@@H]1O. The van der Waals surface area contributed by atoms with Gasteiger partial charge in [0.15, 0.2) is 18.2 Å². The number of aromatic nitrogens is 2. The van der Waals surface area contributed by atoms with Crippen molar-refractivity contribution >= 4 is 29.3 Å². The molecule has 34 heavy (non-hydrogen) atoms. The van der Waals surface area contributed by atoms with E-state index in [4.69, 9.17) is 25.3 Å². The predicted molar refractivity (Wildman–Crippen MR) is 101 cm³/mol. The van der Waals surface area contributed by atoms with Gasteiger partial charge < -0.3 is 29.4 Å². The summed E-state index contributed by atoms with van der Waals surface area (Å²) >= 11 is 0. The first-order valence-electron chi connectivity index (χ1n) is 8.33. The van der Waals surface area contributed by atoms with Crippen molar-refractivity contribution in [3.8, 4) is 0 Å². The minimum Gasteiger partial charge on any atom is -0.387 e. The Balaban J connectivity index is 2.31. The van der Waals surface area contributed by atoms with E-state index >= 15 is 0 Å². The lowest BCUT2D eigenvalue weighted by Gasteiger charge is -2.30. The van der Waals surface area contributed by atoms with Crippen LogP contribution in [0.15, 0.2) is 22.2 Å². The van der Waals surface area contributed by atoms with E-state index in [1.807, 2.05) is 0 Å². The smallest absolute Gasteiger partial charge is 0.387 e. The summed E-state index contributed by atoms with van der Waals surface area (Å²) in [5, 5.41) is 22.2. The lowest BCUT2D eigenvalue weighted by atomic mass is 9.97. The Kier molecular flexibility index (Phi) is 8.74. The fraction of sp³-hybridized carbons (Fsp3) is 0.600. The van der Waals surface area contributed by atoms with Gasteiger partial charge >= 0.3 is 29.2 Å². The number of nitrogens with one attached hydrogen (secondary N) is 1. The van der Waals surface area contributed by atoms with Gasteiger partial charge in [0.1, 0.15) is 11.7 Å². The number of hydrogen-bond donors (Lipinski definition) is 7. The molecule has 6 atom stereocenters. The van der Waals surface area contributed by atoms with Gasteiger partial charge in [0, 0.05) is 11.1 Å². The molecule has 2 heterocycles. The average molecular weight is 556 g/mol. The maximum absolute atomic E-state index is 14.9. The van der Waals surface area contributed by atoms with Crippen LogP contribution in [0.2, 0.25) is 0 Å². The van der Waals surface area contributed by atoms with E-state index in [2.05, 4.69) is 28.2 Å². The molecule has 0 saturated carbocycles. The quantitative estimate of drug-likeness (QED) is 0.0603. The molecule has 2 rings (SSSR count). The van der Waals surface area contributed by atoms with Crippen molar-refractivity contribution < 1.29 is 65.9 Å². The molecule has 24 heteroatoms. The van der Waals surface area contributed by atoms with Crippen molar-refractivity contribution in [2.24, 2.45) is 5.11 Å². The van der Waals surface area contributed by atoms with Crippen molar-refractivity contribution in [3.63, 3.8) is 0 Å². The number of aliphatic hydroxyl groups is 1. The van der Waals surface area contributed by atoms with Crippen molar-refractivity contribution in [1.82, 2.24) is 9.55 Å². The first-order valence-corrected chi connectivity index (χ1v) is 12.9. The van der Waals surface area contributed by atoms with Crippen LogP contribution in [0, 0.1) is 0 Å². The highest BCUT2D eigenvalue weighted by atomic mass is 31.3. The number of halogens is 1. The standard InChI is InChI=1S/C10H16FN6O14P3/c11-6-7(18)10(3-13-16-12,29-8(6)17-2-1-5(15-20)14-9(17)19)4-28-33(24,25)31-34(26,27)30-32(21,22)23/h1-2,6-8,18,20H,3-4H2,(H,24,25)(H,26,27)(H,14,15,19)(H2,21,22,23)/t6-,7+,8-,10-/m1/s1. The summed E-state index contributed by atoms with van der Waals surface area (Å²) in [6.45, 7) is -2.36. The lowest BCUT2D eigenvalue weighted by Crippen LogP contribution is -2.48. The molecule has 0 spiro atoms. The van der Waals surface area contributed by atoms with E-state index in [1.165, 1.54) is 0 Å². The minimum absolute atomic E-state index is 0.330. The Bertz CT molecular complexity index is 1160. The van der Waals surface area contributed by atoms with Crippen LogP contribution >= 0.6 is 23.5 Å². The number of aliphatic hydroxyl groups excluding tert-OH is 1. The summed E-state index contributed by atoms with van der Waals surface area (Å²) in [6.07, 6.45) is -5.85. The summed E-state index contributed by atoms with van der Waals surface area (Å²) in [7, 11) is -17.3. The van der Waals surface area contributed by atoms with Crippen LogP contribution in [-0.4, -0.2) is 70.5 Å². The second-order valence-electron chi connectivity index (χ2n) is 6.33. The van der Waals surface area contributed by atoms with Gasteiger partial charge in [0.05, 0.1) is 13.2 Å². The lowest BCUT2D eigenvalue weighted by molar-refractivity contribution is -0.120. The third kappa shape index (κ3) is 7.11. The molecule has 0 aliphatic carbocycles. The molecule has 0 amide bonds. The second-order valence-corrected chi connectivity index (χ2v) is 10.8. The highest BCUT2D eigenvalue weighted by Gasteiger charge is 2.57. The Morgan fingerprint density at radius 1 is 1.29 bits per heavy atom. The van der Waals surface area contributed by atoms with Crippen LogP contribution < -0.4 is 11.2 Å². The van der Waals surface area contributed by atoms with Crippen LogP contribution in [0.1, 0.15) is 6.23 Å². The molecular weight excluding hydrogens is 540 g/mol. The second kappa shape index (κ2) is 10.4. The molecule has 1 aliphatic rings. The molecule has 0 bridgehead atoms. The van der Waals surface area contributed by atoms with Crippen molar-refractivity contribution in [2.75, 3.05) is 18.6 Å². The summed E-state index contributed by atoms with van der Waals surface area (Å²) in [4.78, 5) is 53.6. The third-order valence-electron chi connectivity index (χ3n) is 3.98. The maximum atomic E-state index is 14.9. The number of azide groups is 1. The zero-order chi connectivity index (χ0) is 25.9. The zero-order valence-electron chi connectivity index (χ0n) is 16.2. The number of anilines is 1. The van der Waals surface area contributed by atoms with Gasteiger partial charge in [-0.25, -0.2) is 22.9 Å². The average Bonchev–Trinajstić information content (AvgIpc) is 2.93. The number of nitrogens with zero attached hydrogens (tertiary/aromatic N) is 5. The molecule has 1 saturated heterocycles. The Morgan fingerprint density at radius 2 is 1.94 bits per heavy atom. The normalized spacial score (nSPS) is 28.5. The van der Waals surface area contributed by atoms with E-state index in [9.17, 15) is 37.8 Å². The van der Waals surface area contributed by atoms with E-state index in [0.717, 1.165) is 12.3 Å². The van der Waals surface area contributed by atoms with E-state index in [-0.39, 0.29) is 5.82 Å². The molecule has 1 aromatic rings. The van der Waals surface area contributed by atoms with Crippen molar-refractivity contribution in [2.45, 2.75) is 24.1 Å². The molecule has 20 nitrogen and oxygen atoms in total. The van der Waals surface area contributed by atoms with Gasteiger partial charge in [-0.3, -0.25) is 19.8 Å². The summed E-state index contributed by atoms with van der Waals surface area (Å²) in [5.41, 5.74) is 6.45. The highest BCUT2D eigenvalue weighted by molar-refractivity contribution is 7.66. The van der Waals surface area contributed by atoms with Gasteiger partial charge in [-0.15, -0.1) is 0 Å². The number of phosphoric ester groups is 1. The monoisotopic (exact) mass is 556 g/mol. The molecule has 2 unspecified atom stereocenters. The van der Waals surface area contributed by atoms with Crippen LogP contribution in [0.4, 0.5) is 10.2 Å². The van der Waals surface area contributed by atoms with Gasteiger partial charge in [0.25, 0.3) is 0 Å². The van der Waals surface area contributed by atoms with E-state index in [0.29, 0.717) is 4.57 Å².